The fraction of sp³-hybridized carbons (Fsp3) is 0.273. The lowest BCUT2D eigenvalue weighted by molar-refractivity contribution is 0.0952. The zero-order valence-electron chi connectivity index (χ0n) is 16.0. The van der Waals surface area contributed by atoms with Gasteiger partial charge in [-0.2, -0.15) is 5.10 Å². The van der Waals surface area contributed by atoms with Crippen molar-refractivity contribution >= 4 is 5.91 Å². The molecule has 0 saturated heterocycles. The first-order valence-corrected chi connectivity index (χ1v) is 9.45. The summed E-state index contributed by atoms with van der Waals surface area (Å²) in [6.45, 7) is 4.37. The molecule has 0 bridgehead atoms. The van der Waals surface area contributed by atoms with Gasteiger partial charge in [-0.15, -0.1) is 0 Å². The van der Waals surface area contributed by atoms with Crippen LogP contribution in [0.15, 0.2) is 67.0 Å². The molecule has 0 saturated carbocycles. The van der Waals surface area contributed by atoms with Crippen LogP contribution in [0.2, 0.25) is 0 Å². The maximum atomic E-state index is 12.3. The Kier molecular flexibility index (Phi) is 7.07. The molecule has 1 amide bonds. The quantitative estimate of drug-likeness (QED) is 0.546. The summed E-state index contributed by atoms with van der Waals surface area (Å²) in [4.78, 5) is 12.3. The van der Waals surface area contributed by atoms with E-state index in [1.54, 1.807) is 6.20 Å². The first-order chi connectivity index (χ1) is 13.7. The van der Waals surface area contributed by atoms with E-state index in [9.17, 15) is 4.79 Å². The Labute approximate surface area is 165 Å². The Morgan fingerprint density at radius 2 is 1.86 bits per heavy atom. The van der Waals surface area contributed by atoms with Gasteiger partial charge in [0.25, 0.3) is 5.91 Å². The molecular weight excluding hydrogens is 354 g/mol. The second kappa shape index (κ2) is 10.2. The maximum absolute atomic E-state index is 12.3. The summed E-state index contributed by atoms with van der Waals surface area (Å²) in [5, 5.41) is 7.09. The first-order valence-electron chi connectivity index (χ1n) is 9.45. The van der Waals surface area contributed by atoms with E-state index in [1.165, 1.54) is 0 Å². The third kappa shape index (κ3) is 5.87. The molecular formula is C22H25N3O3. The van der Waals surface area contributed by atoms with E-state index in [1.807, 2.05) is 72.4 Å². The molecule has 0 aliphatic rings. The van der Waals surface area contributed by atoms with Crippen molar-refractivity contribution in [1.82, 2.24) is 15.1 Å². The topological polar surface area (TPSA) is 65.4 Å². The summed E-state index contributed by atoms with van der Waals surface area (Å²) in [6.07, 6.45) is 4.49. The molecule has 0 fully saturated rings. The van der Waals surface area contributed by atoms with Gasteiger partial charge in [0, 0.05) is 31.0 Å². The first kappa shape index (κ1) is 19.5. The average molecular weight is 379 g/mol. The van der Waals surface area contributed by atoms with E-state index in [-0.39, 0.29) is 5.91 Å². The number of carbonyl (C=O) groups excluding carboxylic acids is 1. The summed E-state index contributed by atoms with van der Waals surface area (Å²) in [7, 11) is 0. The van der Waals surface area contributed by atoms with Gasteiger partial charge in [0.2, 0.25) is 0 Å². The SMILES string of the molecule is CCOc1ccc(OCc2cccc(C(=O)NCCCn3cccn3)c2)cc1. The van der Waals surface area contributed by atoms with E-state index < -0.39 is 0 Å². The standard InChI is InChI=1S/C22H25N3O3/c1-2-27-20-8-10-21(11-9-20)28-17-18-6-3-7-19(16-18)22(26)23-12-4-14-25-15-5-13-24-25/h3,5-11,13,15-16H,2,4,12,14,17H2,1H3,(H,23,26). The highest BCUT2D eigenvalue weighted by Crippen LogP contribution is 2.19. The minimum Gasteiger partial charge on any atom is -0.494 e. The van der Waals surface area contributed by atoms with Crippen molar-refractivity contribution in [3.8, 4) is 11.5 Å². The van der Waals surface area contributed by atoms with Crippen LogP contribution in [0.25, 0.3) is 0 Å². The lowest BCUT2D eigenvalue weighted by atomic mass is 10.1. The number of ether oxygens (including phenoxy) is 2. The van der Waals surface area contributed by atoms with Crippen LogP contribution in [0.3, 0.4) is 0 Å². The number of aryl methyl sites for hydroxylation is 1. The minimum atomic E-state index is -0.0802. The van der Waals surface area contributed by atoms with E-state index >= 15 is 0 Å². The van der Waals surface area contributed by atoms with Crippen LogP contribution in [-0.2, 0) is 13.2 Å². The molecule has 0 aliphatic heterocycles. The number of hydrogen-bond acceptors (Lipinski definition) is 4. The van der Waals surface area contributed by atoms with Crippen molar-refractivity contribution < 1.29 is 14.3 Å². The number of carbonyl (C=O) groups is 1. The molecule has 0 unspecified atom stereocenters. The Hall–Kier alpha value is -3.28. The van der Waals surface area contributed by atoms with Crippen molar-refractivity contribution in [2.24, 2.45) is 0 Å². The Bertz CT molecular complexity index is 861. The molecule has 0 radical (unpaired) electrons. The highest BCUT2D eigenvalue weighted by Gasteiger charge is 2.06. The van der Waals surface area contributed by atoms with Crippen LogP contribution < -0.4 is 14.8 Å². The van der Waals surface area contributed by atoms with Crippen LogP contribution in [0.1, 0.15) is 29.3 Å². The van der Waals surface area contributed by atoms with E-state index in [0.29, 0.717) is 25.3 Å². The van der Waals surface area contributed by atoms with Gasteiger partial charge in [0.05, 0.1) is 6.61 Å². The summed E-state index contributed by atoms with van der Waals surface area (Å²) < 4.78 is 13.1. The largest absolute Gasteiger partial charge is 0.494 e. The van der Waals surface area contributed by atoms with Crippen LogP contribution in [0.4, 0.5) is 0 Å². The summed E-state index contributed by atoms with van der Waals surface area (Å²) in [5.41, 5.74) is 1.57. The number of rotatable bonds is 10. The molecule has 0 atom stereocenters. The maximum Gasteiger partial charge on any atom is 0.251 e. The van der Waals surface area contributed by atoms with Gasteiger partial charge in [-0.05, 0) is 61.4 Å². The van der Waals surface area contributed by atoms with Gasteiger partial charge in [-0.25, -0.2) is 0 Å². The minimum absolute atomic E-state index is 0.0802. The lowest BCUT2D eigenvalue weighted by Gasteiger charge is -2.10. The molecule has 6 heteroatoms. The van der Waals surface area contributed by atoms with E-state index in [4.69, 9.17) is 9.47 Å². The lowest BCUT2D eigenvalue weighted by Crippen LogP contribution is -2.25. The number of aromatic nitrogens is 2. The van der Waals surface area contributed by atoms with Crippen molar-refractivity contribution in [3.63, 3.8) is 0 Å². The normalized spacial score (nSPS) is 10.5. The Morgan fingerprint density at radius 1 is 1.07 bits per heavy atom. The zero-order chi connectivity index (χ0) is 19.6. The van der Waals surface area contributed by atoms with Crippen molar-refractivity contribution in [3.05, 3.63) is 78.1 Å². The van der Waals surface area contributed by atoms with Crippen LogP contribution in [0, 0.1) is 0 Å². The van der Waals surface area contributed by atoms with Gasteiger partial charge < -0.3 is 14.8 Å². The summed E-state index contributed by atoms with van der Waals surface area (Å²) in [6, 6.07) is 16.9. The molecule has 3 aromatic rings. The highest BCUT2D eigenvalue weighted by atomic mass is 16.5. The van der Waals surface area contributed by atoms with Gasteiger partial charge >= 0.3 is 0 Å². The second-order valence-electron chi connectivity index (χ2n) is 6.27. The van der Waals surface area contributed by atoms with Gasteiger partial charge in [-0.3, -0.25) is 9.48 Å². The number of benzene rings is 2. The van der Waals surface area contributed by atoms with Crippen molar-refractivity contribution in [2.75, 3.05) is 13.2 Å². The fourth-order valence-electron chi connectivity index (χ4n) is 2.75. The number of nitrogens with one attached hydrogen (secondary N) is 1. The molecule has 2 aromatic carbocycles. The van der Waals surface area contributed by atoms with Crippen LogP contribution >= 0.6 is 0 Å². The van der Waals surface area contributed by atoms with Crippen LogP contribution in [-0.4, -0.2) is 28.8 Å². The third-order valence-corrected chi connectivity index (χ3v) is 4.14. The van der Waals surface area contributed by atoms with Crippen molar-refractivity contribution in [1.29, 1.82) is 0 Å². The molecule has 1 N–H and O–H groups in total. The molecule has 28 heavy (non-hydrogen) atoms. The monoisotopic (exact) mass is 379 g/mol. The number of hydrogen-bond donors (Lipinski definition) is 1. The molecule has 0 aliphatic carbocycles. The van der Waals surface area contributed by atoms with E-state index in [2.05, 4.69) is 10.4 Å². The predicted molar refractivity (Wildman–Crippen MR) is 108 cm³/mol. The Morgan fingerprint density at radius 3 is 2.57 bits per heavy atom. The fourth-order valence-corrected chi connectivity index (χ4v) is 2.75. The van der Waals surface area contributed by atoms with Crippen molar-refractivity contribution in [2.45, 2.75) is 26.5 Å². The Balaban J connectivity index is 1.46. The smallest absolute Gasteiger partial charge is 0.251 e. The number of amides is 1. The summed E-state index contributed by atoms with van der Waals surface area (Å²) in [5.74, 6) is 1.50. The molecule has 3 rings (SSSR count). The third-order valence-electron chi connectivity index (χ3n) is 4.14. The number of nitrogens with zero attached hydrogens (tertiary/aromatic N) is 2. The molecule has 1 aromatic heterocycles. The van der Waals surface area contributed by atoms with Gasteiger partial charge in [0.15, 0.2) is 0 Å². The van der Waals surface area contributed by atoms with E-state index in [0.717, 1.165) is 30.0 Å². The molecule has 6 nitrogen and oxygen atoms in total. The molecule has 146 valence electrons. The zero-order valence-corrected chi connectivity index (χ0v) is 16.0. The summed E-state index contributed by atoms with van der Waals surface area (Å²) >= 11 is 0. The van der Waals surface area contributed by atoms with Gasteiger partial charge in [0.1, 0.15) is 18.1 Å². The highest BCUT2D eigenvalue weighted by molar-refractivity contribution is 5.94. The molecule has 0 spiro atoms. The van der Waals surface area contributed by atoms with Crippen LogP contribution in [0.5, 0.6) is 11.5 Å². The predicted octanol–water partition coefficient (Wildman–Crippen LogP) is 3.68. The van der Waals surface area contributed by atoms with Gasteiger partial charge in [-0.1, -0.05) is 12.1 Å². The average Bonchev–Trinajstić information content (AvgIpc) is 3.24. The molecule has 1 heterocycles. The second-order valence-corrected chi connectivity index (χ2v) is 6.27.